The van der Waals surface area contributed by atoms with Crippen molar-refractivity contribution >= 4 is 23.5 Å². The number of hydrogen-bond donors (Lipinski definition) is 2. The van der Waals surface area contributed by atoms with Gasteiger partial charge in [0.05, 0.1) is 5.92 Å². The van der Waals surface area contributed by atoms with Gasteiger partial charge < -0.3 is 29.5 Å². The number of aromatic nitrogens is 1. The monoisotopic (exact) mass is 447 g/mol. The van der Waals surface area contributed by atoms with Crippen molar-refractivity contribution in [3.8, 4) is 17.2 Å². The summed E-state index contributed by atoms with van der Waals surface area (Å²) in [6, 6.07) is 7.70. The highest BCUT2D eigenvalue weighted by molar-refractivity contribution is 5.99. The number of carboxylic acid groups (broad SMARTS) is 1. The van der Waals surface area contributed by atoms with Crippen molar-refractivity contribution in [2.45, 2.75) is 25.1 Å². The van der Waals surface area contributed by atoms with Crippen LogP contribution in [-0.2, 0) is 15.0 Å². The van der Waals surface area contributed by atoms with Gasteiger partial charge in [0.1, 0.15) is 29.4 Å². The molecule has 1 fully saturated rings. The van der Waals surface area contributed by atoms with Crippen LogP contribution in [0.25, 0.3) is 0 Å². The summed E-state index contributed by atoms with van der Waals surface area (Å²) in [5.74, 6) is -0.945. The van der Waals surface area contributed by atoms with Gasteiger partial charge in [-0.3, -0.25) is 9.59 Å². The summed E-state index contributed by atoms with van der Waals surface area (Å²) in [4.78, 5) is 30.7. The number of aliphatic carboxylic acids is 1. The van der Waals surface area contributed by atoms with E-state index >= 15 is 0 Å². The van der Waals surface area contributed by atoms with Crippen molar-refractivity contribution in [3.05, 3.63) is 35.9 Å². The van der Waals surface area contributed by atoms with Crippen LogP contribution in [0.15, 0.2) is 30.3 Å². The first-order valence-corrected chi connectivity index (χ1v) is 9.98. The smallest absolute Gasteiger partial charge is 0.492 e. The summed E-state index contributed by atoms with van der Waals surface area (Å²) >= 11 is 0. The number of ether oxygens (including phenoxy) is 3. The summed E-state index contributed by atoms with van der Waals surface area (Å²) in [6.07, 6.45) is -3.25. The van der Waals surface area contributed by atoms with Crippen molar-refractivity contribution in [2.24, 2.45) is 5.92 Å². The third kappa shape index (κ3) is 3.33. The van der Waals surface area contributed by atoms with Crippen LogP contribution in [0.3, 0.4) is 0 Å². The molecule has 2 atom stereocenters. The summed E-state index contributed by atoms with van der Waals surface area (Å²) < 4.78 is 41.3. The third-order valence-electron chi connectivity index (χ3n) is 5.95. The number of benzene rings is 1. The zero-order valence-electron chi connectivity index (χ0n) is 16.9. The molecule has 168 valence electrons. The Balaban J connectivity index is 1.35. The molecule has 1 aromatic heterocycles. The highest BCUT2D eigenvalue weighted by Gasteiger charge is 2.49. The van der Waals surface area contributed by atoms with E-state index in [4.69, 9.17) is 4.74 Å². The lowest BCUT2D eigenvalue weighted by Crippen LogP contribution is -2.39. The number of fused-ring (bicyclic) bond motifs is 2. The largest absolute Gasteiger partial charge is 0.586 e. The number of carbonyl (C=O) groups excluding carboxylic acids is 1. The second kappa shape index (κ2) is 6.94. The van der Waals surface area contributed by atoms with Gasteiger partial charge >= 0.3 is 12.3 Å². The van der Waals surface area contributed by atoms with Crippen LogP contribution >= 0.6 is 0 Å². The SMILES string of the molecule is CC1(C(=O)Nc2cccc(N3CC[C@@H](C(=O)O)C3)n2)COc2cc3c(cc21)OC(F)(F)O3. The molecule has 3 aliphatic rings. The van der Waals surface area contributed by atoms with E-state index in [1.54, 1.807) is 25.1 Å². The predicted octanol–water partition coefficient (Wildman–Crippen LogP) is 2.60. The van der Waals surface area contributed by atoms with Gasteiger partial charge in [0.25, 0.3) is 0 Å². The molecule has 0 radical (unpaired) electrons. The summed E-state index contributed by atoms with van der Waals surface area (Å²) in [5, 5.41) is 11.9. The maximum absolute atomic E-state index is 13.4. The van der Waals surface area contributed by atoms with E-state index in [0.29, 0.717) is 30.9 Å². The number of carboxylic acids is 1. The molecular weight excluding hydrogens is 428 g/mol. The van der Waals surface area contributed by atoms with Gasteiger partial charge in [-0.1, -0.05) is 6.07 Å². The molecule has 9 nitrogen and oxygen atoms in total. The minimum atomic E-state index is -3.77. The van der Waals surface area contributed by atoms with Gasteiger partial charge in [-0.2, -0.15) is 0 Å². The summed E-state index contributed by atoms with van der Waals surface area (Å²) in [7, 11) is 0. The van der Waals surface area contributed by atoms with Crippen LogP contribution in [0, 0.1) is 5.92 Å². The molecule has 1 unspecified atom stereocenters. The predicted molar refractivity (Wildman–Crippen MR) is 106 cm³/mol. The number of nitrogens with one attached hydrogen (secondary N) is 1. The highest BCUT2D eigenvalue weighted by Crippen LogP contribution is 2.50. The Labute approximate surface area is 180 Å². The second-order valence-corrected chi connectivity index (χ2v) is 8.19. The van der Waals surface area contributed by atoms with Gasteiger partial charge in [0.15, 0.2) is 11.5 Å². The van der Waals surface area contributed by atoms with Gasteiger partial charge in [-0.25, -0.2) is 4.98 Å². The number of anilines is 2. The number of pyridine rings is 1. The van der Waals surface area contributed by atoms with Crippen LogP contribution in [0.1, 0.15) is 18.9 Å². The van der Waals surface area contributed by atoms with Crippen LogP contribution < -0.4 is 24.4 Å². The fourth-order valence-corrected chi connectivity index (χ4v) is 4.11. The summed E-state index contributed by atoms with van der Waals surface area (Å²) in [5.41, 5.74) is -0.777. The van der Waals surface area contributed by atoms with Crippen molar-refractivity contribution in [2.75, 3.05) is 29.9 Å². The number of amides is 1. The number of rotatable bonds is 4. The van der Waals surface area contributed by atoms with E-state index in [2.05, 4.69) is 19.8 Å². The molecule has 2 N–H and O–H groups in total. The maximum atomic E-state index is 13.4. The van der Waals surface area contributed by atoms with Crippen molar-refractivity contribution in [1.29, 1.82) is 0 Å². The summed E-state index contributed by atoms with van der Waals surface area (Å²) in [6.45, 7) is 2.53. The van der Waals surface area contributed by atoms with E-state index in [-0.39, 0.29) is 29.7 Å². The topological polar surface area (TPSA) is 110 Å². The Hall–Kier alpha value is -3.63. The molecule has 1 saturated heterocycles. The number of nitrogens with zero attached hydrogens (tertiary/aromatic N) is 2. The number of alkyl halides is 2. The molecule has 2 aromatic rings. The van der Waals surface area contributed by atoms with Crippen LogP contribution in [0.2, 0.25) is 0 Å². The van der Waals surface area contributed by atoms with E-state index in [1.165, 1.54) is 12.1 Å². The van der Waals surface area contributed by atoms with Crippen LogP contribution in [0.5, 0.6) is 17.2 Å². The Kier molecular flexibility index (Phi) is 4.40. The lowest BCUT2D eigenvalue weighted by Gasteiger charge is -2.22. The fourth-order valence-electron chi connectivity index (χ4n) is 4.11. The fraction of sp³-hybridized carbons (Fsp3) is 0.381. The van der Waals surface area contributed by atoms with Crippen molar-refractivity contribution < 1.29 is 37.7 Å². The molecule has 5 rings (SSSR count). The van der Waals surface area contributed by atoms with Gasteiger partial charge in [0, 0.05) is 24.7 Å². The Morgan fingerprint density at radius 1 is 1.22 bits per heavy atom. The van der Waals surface area contributed by atoms with E-state index in [1.807, 2.05) is 4.90 Å². The molecule has 1 amide bonds. The van der Waals surface area contributed by atoms with E-state index in [9.17, 15) is 23.5 Å². The molecular formula is C21H19F2N3O6. The molecule has 1 aromatic carbocycles. The third-order valence-corrected chi connectivity index (χ3v) is 5.95. The Morgan fingerprint density at radius 3 is 2.69 bits per heavy atom. The molecule has 0 aliphatic carbocycles. The first kappa shape index (κ1) is 20.3. The zero-order chi connectivity index (χ0) is 22.7. The molecule has 0 bridgehead atoms. The van der Waals surface area contributed by atoms with Crippen molar-refractivity contribution in [1.82, 2.24) is 4.98 Å². The average molecular weight is 447 g/mol. The lowest BCUT2D eigenvalue weighted by molar-refractivity contribution is -0.286. The lowest BCUT2D eigenvalue weighted by atomic mass is 9.83. The normalized spacial score (nSPS) is 24.7. The molecule has 11 heteroatoms. The molecule has 0 spiro atoms. The average Bonchev–Trinajstić information content (AvgIpc) is 3.42. The molecule has 0 saturated carbocycles. The molecule has 4 heterocycles. The minimum Gasteiger partial charge on any atom is -0.492 e. The quantitative estimate of drug-likeness (QED) is 0.736. The Morgan fingerprint density at radius 2 is 1.97 bits per heavy atom. The molecule has 3 aliphatic heterocycles. The highest BCUT2D eigenvalue weighted by atomic mass is 19.3. The minimum absolute atomic E-state index is 0.000436. The standard InChI is InChI=1S/C21H19F2N3O6/c1-20(10-30-13-8-15-14(7-12(13)20)31-21(22,23)32-15)19(29)25-16-3-2-4-17(24-16)26-6-5-11(9-26)18(27)28/h2-4,7-8,11H,5-6,9-10H2,1H3,(H,27,28)(H,24,25,29)/t11-,20?/m1/s1. The van der Waals surface area contributed by atoms with Crippen LogP contribution in [-0.4, -0.2) is 48.0 Å². The number of halogens is 2. The first-order valence-electron chi connectivity index (χ1n) is 9.98. The number of hydrogen-bond acceptors (Lipinski definition) is 7. The maximum Gasteiger partial charge on any atom is 0.586 e. The first-order chi connectivity index (χ1) is 15.1. The zero-order valence-corrected chi connectivity index (χ0v) is 16.9. The Bertz CT molecular complexity index is 1130. The molecule has 32 heavy (non-hydrogen) atoms. The second-order valence-electron chi connectivity index (χ2n) is 8.19. The van der Waals surface area contributed by atoms with Crippen molar-refractivity contribution in [3.63, 3.8) is 0 Å². The van der Waals surface area contributed by atoms with Gasteiger partial charge in [0.2, 0.25) is 5.91 Å². The van der Waals surface area contributed by atoms with E-state index in [0.717, 1.165) is 0 Å². The van der Waals surface area contributed by atoms with Crippen LogP contribution in [0.4, 0.5) is 20.4 Å². The van der Waals surface area contributed by atoms with E-state index < -0.39 is 29.5 Å². The van der Waals surface area contributed by atoms with Gasteiger partial charge in [-0.05, 0) is 31.5 Å². The van der Waals surface area contributed by atoms with Gasteiger partial charge in [-0.15, -0.1) is 8.78 Å². The number of carbonyl (C=O) groups is 2.